The minimum Gasteiger partial charge on any atom is -0.458 e. The van der Waals surface area contributed by atoms with E-state index in [0.29, 0.717) is 21.5 Å². The van der Waals surface area contributed by atoms with Crippen LogP contribution in [-0.2, 0) is 4.74 Å². The van der Waals surface area contributed by atoms with Crippen LogP contribution >= 0.6 is 35.6 Å². The number of carbonyl (C=O) groups excluding carboxylic acids is 1. The molecular weight excluding hydrogens is 345 g/mol. The highest BCUT2D eigenvalue weighted by atomic mass is 35.5. The van der Waals surface area contributed by atoms with Crippen LogP contribution in [0.5, 0.6) is 0 Å². The first-order chi connectivity index (χ1) is 9.97. The number of esters is 1. The van der Waals surface area contributed by atoms with Gasteiger partial charge >= 0.3 is 5.97 Å². The van der Waals surface area contributed by atoms with Gasteiger partial charge in [-0.3, -0.25) is 0 Å². The van der Waals surface area contributed by atoms with Crippen molar-refractivity contribution in [3.05, 3.63) is 33.8 Å². The van der Waals surface area contributed by atoms with Gasteiger partial charge in [-0.15, -0.1) is 12.4 Å². The Morgan fingerprint density at radius 2 is 1.95 bits per heavy atom. The Kier molecular flexibility index (Phi) is 7.98. The summed E-state index contributed by atoms with van der Waals surface area (Å²) in [7, 11) is 4.09. The lowest BCUT2D eigenvalue weighted by molar-refractivity contribution is -0.00322. The average Bonchev–Trinajstić information content (AvgIpc) is 2.40. The third kappa shape index (κ3) is 5.31. The molecule has 2 unspecified atom stereocenters. The summed E-state index contributed by atoms with van der Waals surface area (Å²) in [5.41, 5.74) is 0.384. The van der Waals surface area contributed by atoms with E-state index >= 15 is 0 Å². The van der Waals surface area contributed by atoms with Crippen molar-refractivity contribution in [1.82, 2.24) is 4.90 Å². The zero-order valence-electron chi connectivity index (χ0n) is 12.9. The van der Waals surface area contributed by atoms with E-state index < -0.39 is 0 Å². The molecule has 1 fully saturated rings. The number of hydrogen-bond acceptors (Lipinski definition) is 3. The summed E-state index contributed by atoms with van der Waals surface area (Å²) in [6, 6.07) is 4.84. The number of rotatable bonds is 4. The van der Waals surface area contributed by atoms with E-state index in [1.807, 2.05) is 14.1 Å². The molecule has 0 spiro atoms. The number of hydrogen-bond donors (Lipinski definition) is 0. The lowest BCUT2D eigenvalue weighted by Gasteiger charge is -2.33. The summed E-state index contributed by atoms with van der Waals surface area (Å²) in [5, 5.41) is 0.854. The number of nitrogens with zero attached hydrogens (tertiary/aromatic N) is 1. The van der Waals surface area contributed by atoms with Crippen LogP contribution in [0, 0.1) is 5.92 Å². The summed E-state index contributed by atoms with van der Waals surface area (Å²) in [6.07, 6.45) is 4.31. The number of halogens is 3. The van der Waals surface area contributed by atoms with E-state index in [2.05, 4.69) is 4.90 Å². The number of benzene rings is 1. The molecule has 2 rings (SSSR count). The standard InChI is InChI=1S/C16H21Cl2NO2.ClH/c1-19(2)10-11-5-3-4-6-15(11)21-16(20)13-8-7-12(17)9-14(13)18;/h7-9,11,15H,3-6,10H2,1-2H3;1H. The quantitative estimate of drug-likeness (QED) is 0.724. The fourth-order valence-electron chi connectivity index (χ4n) is 2.86. The van der Waals surface area contributed by atoms with Crippen LogP contribution < -0.4 is 0 Å². The summed E-state index contributed by atoms with van der Waals surface area (Å²) in [5.74, 6) is 0.0381. The van der Waals surface area contributed by atoms with E-state index in [9.17, 15) is 4.79 Å². The molecule has 0 aliphatic heterocycles. The second-order valence-electron chi connectivity index (χ2n) is 5.87. The average molecular weight is 367 g/mol. The van der Waals surface area contributed by atoms with Crippen LogP contribution in [0.2, 0.25) is 10.0 Å². The molecule has 0 heterocycles. The zero-order chi connectivity index (χ0) is 15.4. The van der Waals surface area contributed by atoms with E-state index in [1.54, 1.807) is 18.2 Å². The molecule has 1 aliphatic rings. The summed E-state index contributed by atoms with van der Waals surface area (Å²) < 4.78 is 5.72. The van der Waals surface area contributed by atoms with Crippen LogP contribution in [0.3, 0.4) is 0 Å². The maximum Gasteiger partial charge on any atom is 0.339 e. The van der Waals surface area contributed by atoms with Crippen LogP contribution in [0.1, 0.15) is 36.0 Å². The summed E-state index contributed by atoms with van der Waals surface area (Å²) in [4.78, 5) is 14.5. The van der Waals surface area contributed by atoms with Gasteiger partial charge in [-0.05, 0) is 51.6 Å². The second-order valence-corrected chi connectivity index (χ2v) is 6.72. The first kappa shape index (κ1) is 19.6. The van der Waals surface area contributed by atoms with Gasteiger partial charge in [0.1, 0.15) is 6.10 Å². The summed E-state index contributed by atoms with van der Waals surface area (Å²) in [6.45, 7) is 0.937. The topological polar surface area (TPSA) is 29.5 Å². The van der Waals surface area contributed by atoms with Gasteiger partial charge in [-0.25, -0.2) is 4.79 Å². The highest BCUT2D eigenvalue weighted by Crippen LogP contribution is 2.29. The van der Waals surface area contributed by atoms with Crippen molar-refractivity contribution in [2.24, 2.45) is 5.92 Å². The lowest BCUT2D eigenvalue weighted by atomic mass is 9.86. The Morgan fingerprint density at radius 3 is 2.59 bits per heavy atom. The highest BCUT2D eigenvalue weighted by molar-refractivity contribution is 6.36. The molecule has 0 N–H and O–H groups in total. The maximum atomic E-state index is 12.3. The monoisotopic (exact) mass is 365 g/mol. The Balaban J connectivity index is 0.00000242. The van der Waals surface area contributed by atoms with Crippen molar-refractivity contribution >= 4 is 41.6 Å². The van der Waals surface area contributed by atoms with E-state index in [-0.39, 0.29) is 24.5 Å². The molecule has 0 saturated heterocycles. The fraction of sp³-hybridized carbons (Fsp3) is 0.562. The van der Waals surface area contributed by atoms with Crippen molar-refractivity contribution in [2.75, 3.05) is 20.6 Å². The molecule has 124 valence electrons. The summed E-state index contributed by atoms with van der Waals surface area (Å²) >= 11 is 11.9. The van der Waals surface area contributed by atoms with Crippen LogP contribution in [0.4, 0.5) is 0 Å². The molecule has 3 nitrogen and oxygen atoms in total. The zero-order valence-corrected chi connectivity index (χ0v) is 15.2. The predicted molar refractivity (Wildman–Crippen MR) is 93.4 cm³/mol. The molecule has 0 bridgehead atoms. The van der Waals surface area contributed by atoms with Crippen molar-refractivity contribution in [2.45, 2.75) is 31.8 Å². The van der Waals surface area contributed by atoms with Crippen molar-refractivity contribution in [1.29, 1.82) is 0 Å². The Morgan fingerprint density at radius 1 is 1.27 bits per heavy atom. The normalized spacial score (nSPS) is 21.3. The van der Waals surface area contributed by atoms with Crippen LogP contribution in [0.15, 0.2) is 18.2 Å². The first-order valence-electron chi connectivity index (χ1n) is 7.28. The molecule has 1 saturated carbocycles. The lowest BCUT2D eigenvalue weighted by Crippen LogP contribution is -2.36. The molecule has 1 aromatic carbocycles. The third-order valence-corrected chi connectivity index (χ3v) is 4.40. The van der Waals surface area contributed by atoms with Gasteiger partial charge < -0.3 is 9.64 Å². The Labute approximate surface area is 148 Å². The minimum atomic E-state index is -0.354. The molecular formula is C16H22Cl3NO2. The van der Waals surface area contributed by atoms with Crippen molar-refractivity contribution in [3.63, 3.8) is 0 Å². The molecule has 1 aliphatic carbocycles. The largest absolute Gasteiger partial charge is 0.458 e. The van der Waals surface area contributed by atoms with E-state index in [4.69, 9.17) is 27.9 Å². The maximum absolute atomic E-state index is 12.3. The fourth-order valence-corrected chi connectivity index (χ4v) is 3.35. The van der Waals surface area contributed by atoms with Crippen molar-refractivity contribution < 1.29 is 9.53 Å². The molecule has 6 heteroatoms. The van der Waals surface area contributed by atoms with Gasteiger partial charge in [0.15, 0.2) is 0 Å². The van der Waals surface area contributed by atoms with Gasteiger partial charge in [0, 0.05) is 17.5 Å². The van der Waals surface area contributed by atoms with Gasteiger partial charge in [0.25, 0.3) is 0 Å². The van der Waals surface area contributed by atoms with Crippen molar-refractivity contribution in [3.8, 4) is 0 Å². The van der Waals surface area contributed by atoms with Crippen LogP contribution in [-0.4, -0.2) is 37.6 Å². The number of carbonyl (C=O) groups is 1. The SMILES string of the molecule is CN(C)CC1CCCCC1OC(=O)c1ccc(Cl)cc1Cl.Cl. The van der Waals surface area contributed by atoms with E-state index in [0.717, 1.165) is 25.8 Å². The van der Waals surface area contributed by atoms with Gasteiger partial charge in [0.05, 0.1) is 10.6 Å². The van der Waals surface area contributed by atoms with E-state index in [1.165, 1.54) is 6.42 Å². The molecule has 2 atom stereocenters. The van der Waals surface area contributed by atoms with Crippen LogP contribution in [0.25, 0.3) is 0 Å². The smallest absolute Gasteiger partial charge is 0.339 e. The molecule has 22 heavy (non-hydrogen) atoms. The van der Waals surface area contributed by atoms with Gasteiger partial charge in [0.2, 0.25) is 0 Å². The molecule has 0 aromatic heterocycles. The number of ether oxygens (including phenoxy) is 1. The Bertz CT molecular complexity index is 508. The molecule has 0 amide bonds. The molecule has 0 radical (unpaired) electrons. The third-order valence-electron chi connectivity index (χ3n) is 3.85. The predicted octanol–water partition coefficient (Wildman–Crippen LogP) is 4.69. The Hall–Kier alpha value is -0.480. The van der Waals surface area contributed by atoms with Gasteiger partial charge in [-0.2, -0.15) is 0 Å². The van der Waals surface area contributed by atoms with Gasteiger partial charge in [-0.1, -0.05) is 29.6 Å². The highest BCUT2D eigenvalue weighted by Gasteiger charge is 2.29. The second kappa shape index (κ2) is 8.97. The molecule has 1 aromatic rings. The first-order valence-corrected chi connectivity index (χ1v) is 8.03. The minimum absolute atomic E-state index is 0.